The first-order valence-corrected chi connectivity index (χ1v) is 12.9. The summed E-state index contributed by atoms with van der Waals surface area (Å²) in [5.41, 5.74) is 5.37. The van der Waals surface area contributed by atoms with Gasteiger partial charge in [0.05, 0.1) is 30.5 Å². The van der Waals surface area contributed by atoms with Crippen LogP contribution >= 0.6 is 0 Å². The number of unbranched alkanes of at least 4 members (excludes halogenated alkanes) is 1. The number of ether oxygens (including phenoxy) is 1. The smallest absolute Gasteiger partial charge is 0.238 e. The van der Waals surface area contributed by atoms with Crippen molar-refractivity contribution in [3.05, 3.63) is 59.8 Å². The summed E-state index contributed by atoms with van der Waals surface area (Å²) in [5.74, 6) is 0.941. The van der Waals surface area contributed by atoms with E-state index in [0.717, 1.165) is 92.0 Å². The molecule has 186 valence electrons. The fraction of sp³-hybridized carbons (Fsp3) is 0.448. The molecule has 4 rings (SSSR count). The molecular weight excluding hydrogens is 436 g/mol. The number of benzene rings is 2. The Morgan fingerprint density at radius 3 is 2.46 bits per heavy atom. The van der Waals surface area contributed by atoms with Gasteiger partial charge in [-0.15, -0.1) is 0 Å². The number of nitrogens with zero attached hydrogens (tertiary/aromatic N) is 3. The number of piperazine rings is 1. The van der Waals surface area contributed by atoms with Crippen molar-refractivity contribution >= 4 is 28.2 Å². The third-order valence-electron chi connectivity index (χ3n) is 6.78. The summed E-state index contributed by atoms with van der Waals surface area (Å²) in [4.78, 5) is 22.8. The first kappa shape index (κ1) is 25.0. The molecule has 2 aromatic carbocycles. The molecule has 0 saturated carbocycles. The first-order chi connectivity index (χ1) is 17.1. The second-order valence-electron chi connectivity index (χ2n) is 9.27. The average molecular weight is 475 g/mol. The number of hydrogen-bond acceptors (Lipinski definition) is 5. The van der Waals surface area contributed by atoms with Gasteiger partial charge in [0.15, 0.2) is 0 Å². The van der Waals surface area contributed by atoms with Crippen molar-refractivity contribution in [2.24, 2.45) is 0 Å². The minimum absolute atomic E-state index is 0.0471. The van der Waals surface area contributed by atoms with Gasteiger partial charge in [0.25, 0.3) is 0 Å². The van der Waals surface area contributed by atoms with Crippen molar-refractivity contribution in [1.29, 1.82) is 0 Å². The van der Waals surface area contributed by atoms with Crippen LogP contribution < -0.4 is 15.0 Å². The Balaban J connectivity index is 1.47. The highest BCUT2D eigenvalue weighted by molar-refractivity contribution is 6.03. The van der Waals surface area contributed by atoms with Gasteiger partial charge < -0.3 is 15.0 Å². The van der Waals surface area contributed by atoms with Crippen LogP contribution in [0.5, 0.6) is 5.75 Å². The predicted molar refractivity (Wildman–Crippen MR) is 145 cm³/mol. The zero-order valence-electron chi connectivity index (χ0n) is 21.3. The van der Waals surface area contributed by atoms with Crippen LogP contribution in [0.15, 0.2) is 48.5 Å². The summed E-state index contributed by atoms with van der Waals surface area (Å²) in [7, 11) is 1.71. The number of nitrogens with one attached hydrogen (secondary N) is 1. The molecule has 1 aromatic heterocycles. The van der Waals surface area contributed by atoms with Crippen molar-refractivity contribution in [2.45, 2.75) is 46.0 Å². The Hall–Kier alpha value is -3.12. The molecule has 6 heteroatoms. The van der Waals surface area contributed by atoms with Gasteiger partial charge in [-0.2, -0.15) is 0 Å². The van der Waals surface area contributed by atoms with Crippen molar-refractivity contribution in [2.75, 3.05) is 50.1 Å². The normalized spacial score (nSPS) is 14.3. The van der Waals surface area contributed by atoms with E-state index in [4.69, 9.17) is 9.72 Å². The van der Waals surface area contributed by atoms with E-state index in [2.05, 4.69) is 41.1 Å². The van der Waals surface area contributed by atoms with E-state index in [-0.39, 0.29) is 5.91 Å². The minimum Gasteiger partial charge on any atom is -0.495 e. The van der Waals surface area contributed by atoms with E-state index in [1.165, 1.54) is 5.56 Å². The standard InChI is InChI=1S/C29H38N4O2/c1-4-6-13-24-22(11-5-2)29(23-12-7-8-14-25(23)30-24)31-28(34)21-32-17-19-33(20-18-32)26-15-9-10-16-27(26)35-3/h7-10,12,14-16H,4-6,11,13,17-21H2,1-3H3,(H,30,31,34). The summed E-state index contributed by atoms with van der Waals surface area (Å²) in [6.45, 7) is 8.20. The minimum atomic E-state index is 0.0471. The number of rotatable bonds is 10. The molecule has 0 bridgehead atoms. The summed E-state index contributed by atoms with van der Waals surface area (Å²) in [6, 6.07) is 16.3. The second-order valence-corrected chi connectivity index (χ2v) is 9.27. The maximum Gasteiger partial charge on any atom is 0.238 e. The zero-order valence-corrected chi connectivity index (χ0v) is 21.3. The van der Waals surface area contributed by atoms with Crippen LogP contribution in [0.2, 0.25) is 0 Å². The van der Waals surface area contributed by atoms with Gasteiger partial charge in [-0.3, -0.25) is 14.7 Å². The monoisotopic (exact) mass is 474 g/mol. The van der Waals surface area contributed by atoms with Gasteiger partial charge in [-0.05, 0) is 43.0 Å². The van der Waals surface area contributed by atoms with E-state index in [1.807, 2.05) is 36.4 Å². The van der Waals surface area contributed by atoms with E-state index in [1.54, 1.807) is 7.11 Å². The number of carbonyl (C=O) groups excluding carboxylic acids is 1. The van der Waals surface area contributed by atoms with Crippen LogP contribution in [-0.4, -0.2) is 55.6 Å². The summed E-state index contributed by atoms with van der Waals surface area (Å²) in [5, 5.41) is 4.34. The van der Waals surface area contributed by atoms with Crippen molar-refractivity contribution in [3.63, 3.8) is 0 Å². The van der Waals surface area contributed by atoms with E-state index in [0.29, 0.717) is 6.54 Å². The summed E-state index contributed by atoms with van der Waals surface area (Å²) >= 11 is 0. The Morgan fingerprint density at radius 1 is 0.971 bits per heavy atom. The van der Waals surface area contributed by atoms with Crippen LogP contribution in [0, 0.1) is 0 Å². The topological polar surface area (TPSA) is 57.7 Å². The third kappa shape index (κ3) is 5.93. The molecule has 3 aromatic rings. The molecule has 0 radical (unpaired) electrons. The number of fused-ring (bicyclic) bond motifs is 1. The number of aryl methyl sites for hydroxylation is 1. The largest absolute Gasteiger partial charge is 0.495 e. The molecular formula is C29H38N4O2. The molecule has 1 amide bonds. The van der Waals surface area contributed by atoms with E-state index in [9.17, 15) is 4.79 Å². The van der Waals surface area contributed by atoms with E-state index >= 15 is 0 Å². The lowest BCUT2D eigenvalue weighted by atomic mass is 9.98. The third-order valence-corrected chi connectivity index (χ3v) is 6.78. The molecule has 1 N–H and O–H groups in total. The number of anilines is 2. The number of hydrogen-bond donors (Lipinski definition) is 1. The number of carbonyl (C=O) groups is 1. The molecule has 0 aliphatic carbocycles. The molecule has 1 aliphatic heterocycles. The molecule has 6 nitrogen and oxygen atoms in total. The number of para-hydroxylation sites is 3. The second kappa shape index (κ2) is 12.0. The number of methoxy groups -OCH3 is 1. The molecule has 1 saturated heterocycles. The molecule has 35 heavy (non-hydrogen) atoms. The Labute approximate surface area is 209 Å². The zero-order chi connectivity index (χ0) is 24.6. The van der Waals surface area contributed by atoms with Gasteiger partial charge in [0, 0.05) is 37.3 Å². The SMILES string of the molecule is CCCCc1nc2ccccc2c(NC(=O)CN2CCN(c3ccccc3OC)CC2)c1CCC. The highest BCUT2D eigenvalue weighted by Gasteiger charge is 2.22. The Morgan fingerprint density at radius 2 is 1.71 bits per heavy atom. The molecule has 2 heterocycles. The van der Waals surface area contributed by atoms with Gasteiger partial charge in [-0.1, -0.05) is 57.0 Å². The number of amides is 1. The van der Waals surface area contributed by atoms with Crippen LogP contribution in [0.3, 0.4) is 0 Å². The average Bonchev–Trinajstić information content (AvgIpc) is 2.89. The van der Waals surface area contributed by atoms with Gasteiger partial charge >= 0.3 is 0 Å². The Kier molecular flexibility index (Phi) is 8.59. The predicted octanol–water partition coefficient (Wildman–Crippen LogP) is 5.30. The van der Waals surface area contributed by atoms with Gasteiger partial charge in [0.2, 0.25) is 5.91 Å². The number of pyridine rings is 1. The lowest BCUT2D eigenvalue weighted by Crippen LogP contribution is -2.48. The molecule has 1 fully saturated rings. The van der Waals surface area contributed by atoms with Crippen LogP contribution in [0.25, 0.3) is 10.9 Å². The molecule has 0 atom stereocenters. The van der Waals surface area contributed by atoms with Crippen LogP contribution in [-0.2, 0) is 17.6 Å². The van der Waals surface area contributed by atoms with E-state index < -0.39 is 0 Å². The molecule has 0 spiro atoms. The lowest BCUT2D eigenvalue weighted by Gasteiger charge is -2.36. The van der Waals surface area contributed by atoms with Crippen molar-refractivity contribution in [3.8, 4) is 5.75 Å². The number of aromatic nitrogens is 1. The van der Waals surface area contributed by atoms with Crippen molar-refractivity contribution in [1.82, 2.24) is 9.88 Å². The quantitative estimate of drug-likeness (QED) is 0.432. The fourth-order valence-corrected chi connectivity index (χ4v) is 4.94. The van der Waals surface area contributed by atoms with Gasteiger partial charge in [0.1, 0.15) is 5.75 Å². The van der Waals surface area contributed by atoms with Gasteiger partial charge in [-0.25, -0.2) is 0 Å². The van der Waals surface area contributed by atoms with Crippen LogP contribution in [0.4, 0.5) is 11.4 Å². The van der Waals surface area contributed by atoms with Crippen molar-refractivity contribution < 1.29 is 9.53 Å². The maximum absolute atomic E-state index is 13.3. The first-order valence-electron chi connectivity index (χ1n) is 12.9. The molecule has 1 aliphatic rings. The highest BCUT2D eigenvalue weighted by Crippen LogP contribution is 2.31. The summed E-state index contributed by atoms with van der Waals surface area (Å²) in [6.07, 6.45) is 5.12. The Bertz CT molecular complexity index is 1140. The molecule has 0 unspecified atom stereocenters. The fourth-order valence-electron chi connectivity index (χ4n) is 4.94. The maximum atomic E-state index is 13.3. The summed E-state index contributed by atoms with van der Waals surface area (Å²) < 4.78 is 5.53. The van der Waals surface area contributed by atoms with Crippen LogP contribution in [0.1, 0.15) is 44.4 Å². The highest BCUT2D eigenvalue weighted by atomic mass is 16.5. The lowest BCUT2D eigenvalue weighted by molar-refractivity contribution is -0.117.